The van der Waals surface area contributed by atoms with E-state index in [1.165, 1.54) is 5.57 Å². The van der Waals surface area contributed by atoms with Gasteiger partial charge < -0.3 is 19.8 Å². The number of carboxylic acids is 1. The third kappa shape index (κ3) is 7.47. The quantitative estimate of drug-likeness (QED) is 0.190. The largest absolute Gasteiger partial charge is 0.481 e. The van der Waals surface area contributed by atoms with Crippen LogP contribution in [0.15, 0.2) is 35.4 Å². The number of halogens is 1. The topological polar surface area (TPSA) is 107 Å². The summed E-state index contributed by atoms with van der Waals surface area (Å²) in [6.07, 6.45) is 7.07. The van der Waals surface area contributed by atoms with Crippen LogP contribution in [0, 0.1) is 56.2 Å². The van der Waals surface area contributed by atoms with Gasteiger partial charge in [-0.25, -0.2) is 0 Å². The molecular formula is C48H73ClN2O6. The zero-order valence-electron chi connectivity index (χ0n) is 37.0. The smallest absolute Gasteiger partial charge is 0.309 e. The van der Waals surface area contributed by atoms with Crippen molar-refractivity contribution in [1.82, 2.24) is 9.80 Å². The SMILES string of the molecule is CC(C)C1=C2[C@H]3CC[C@@H]4[C@@]5(C)CC[C@H](OC(=O)CC(C)(C)C(=O)O)C(C)(C)[C@@H]5CC[C@@]4(C)[C@]3(C)CC[C@@]2([C@H](O)CN(CCN(C)C)Cc2ccccc2Cl)CC1=O. The first-order chi connectivity index (χ1) is 26.4. The second-order valence-electron chi connectivity index (χ2n) is 21.7. The summed E-state index contributed by atoms with van der Waals surface area (Å²) in [6.45, 7) is 22.5. The molecule has 0 spiro atoms. The van der Waals surface area contributed by atoms with Gasteiger partial charge in [0, 0.05) is 48.5 Å². The third-order valence-electron chi connectivity index (χ3n) is 17.1. The van der Waals surface area contributed by atoms with E-state index in [-0.39, 0.29) is 51.8 Å². The van der Waals surface area contributed by atoms with Crippen LogP contribution in [0.25, 0.3) is 0 Å². The van der Waals surface area contributed by atoms with Crippen molar-refractivity contribution >= 4 is 29.3 Å². The predicted molar refractivity (Wildman–Crippen MR) is 227 cm³/mol. The molecule has 6 rings (SSSR count). The number of hydrogen-bond acceptors (Lipinski definition) is 7. The van der Waals surface area contributed by atoms with Gasteiger partial charge in [0.25, 0.3) is 0 Å². The Morgan fingerprint density at radius 3 is 2.25 bits per heavy atom. The lowest BCUT2D eigenvalue weighted by atomic mass is 9.33. The minimum absolute atomic E-state index is 0.0336. The fourth-order valence-electron chi connectivity index (χ4n) is 13.8. The lowest BCUT2D eigenvalue weighted by Gasteiger charge is -2.72. The number of carbonyl (C=O) groups is 3. The van der Waals surface area contributed by atoms with Gasteiger partial charge >= 0.3 is 11.9 Å². The van der Waals surface area contributed by atoms with Crippen molar-refractivity contribution in [2.24, 2.45) is 56.2 Å². The molecule has 0 radical (unpaired) electrons. The van der Waals surface area contributed by atoms with Crippen LogP contribution >= 0.6 is 11.6 Å². The minimum atomic E-state index is -1.17. The molecule has 0 aromatic heterocycles. The second-order valence-corrected chi connectivity index (χ2v) is 22.1. The second kappa shape index (κ2) is 15.6. The van der Waals surface area contributed by atoms with Crippen molar-refractivity contribution < 1.29 is 29.3 Å². The van der Waals surface area contributed by atoms with Crippen molar-refractivity contribution in [3.05, 3.63) is 46.0 Å². The van der Waals surface area contributed by atoms with Crippen LogP contribution in [0.3, 0.4) is 0 Å². The average Bonchev–Trinajstić information content (AvgIpc) is 3.42. The number of aliphatic carboxylic acids is 1. The number of allylic oxidation sites excluding steroid dienone is 1. The zero-order valence-corrected chi connectivity index (χ0v) is 37.7. The van der Waals surface area contributed by atoms with Gasteiger partial charge in [0.15, 0.2) is 5.78 Å². The Balaban J connectivity index is 1.29. The number of likely N-dealkylation sites (N-methyl/N-ethyl adjacent to an activating group) is 1. The normalized spacial score (nSPS) is 35.5. The molecule has 5 aliphatic rings. The van der Waals surface area contributed by atoms with Crippen molar-refractivity contribution in [1.29, 1.82) is 0 Å². The van der Waals surface area contributed by atoms with Gasteiger partial charge in [-0.05, 0) is 136 Å². The molecular weight excluding hydrogens is 736 g/mol. The van der Waals surface area contributed by atoms with E-state index in [9.17, 15) is 24.6 Å². The number of carbonyl (C=O) groups excluding carboxylic acids is 2. The molecule has 2 N–H and O–H groups in total. The van der Waals surface area contributed by atoms with Crippen LogP contribution < -0.4 is 0 Å². The Kier molecular flexibility index (Phi) is 12.2. The van der Waals surface area contributed by atoms with E-state index in [0.717, 1.165) is 80.6 Å². The predicted octanol–water partition coefficient (Wildman–Crippen LogP) is 9.46. The summed E-state index contributed by atoms with van der Waals surface area (Å²) in [6, 6.07) is 7.98. The molecule has 57 heavy (non-hydrogen) atoms. The molecule has 9 atom stereocenters. The Bertz CT molecular complexity index is 1750. The van der Waals surface area contributed by atoms with E-state index in [1.54, 1.807) is 13.8 Å². The number of fused-ring (bicyclic) bond motifs is 7. The van der Waals surface area contributed by atoms with Crippen LogP contribution in [-0.2, 0) is 25.7 Å². The molecule has 4 fully saturated rings. The Hall–Kier alpha value is -2.26. The fraction of sp³-hybridized carbons (Fsp3) is 0.771. The summed E-state index contributed by atoms with van der Waals surface area (Å²) in [4.78, 5) is 43.8. The first-order valence-electron chi connectivity index (χ1n) is 21.9. The van der Waals surface area contributed by atoms with E-state index in [4.69, 9.17) is 16.3 Å². The zero-order chi connectivity index (χ0) is 42.1. The maximum absolute atomic E-state index is 14.3. The monoisotopic (exact) mass is 809 g/mol. The molecule has 5 aliphatic carbocycles. The summed E-state index contributed by atoms with van der Waals surface area (Å²) in [5, 5.41) is 23.1. The summed E-state index contributed by atoms with van der Waals surface area (Å²) in [5.41, 5.74) is 1.39. The number of ether oxygens (including phenoxy) is 1. The van der Waals surface area contributed by atoms with Gasteiger partial charge in [-0.15, -0.1) is 0 Å². The highest BCUT2D eigenvalue weighted by molar-refractivity contribution is 6.31. The maximum atomic E-state index is 14.3. The summed E-state index contributed by atoms with van der Waals surface area (Å²) < 4.78 is 6.20. The molecule has 1 aromatic rings. The van der Waals surface area contributed by atoms with Gasteiger partial charge in [-0.3, -0.25) is 19.3 Å². The molecule has 0 saturated heterocycles. The number of ketones is 1. The van der Waals surface area contributed by atoms with Crippen molar-refractivity contribution in [3.63, 3.8) is 0 Å². The Labute approximate surface area is 348 Å². The summed E-state index contributed by atoms with van der Waals surface area (Å²) in [7, 11) is 4.15. The lowest BCUT2D eigenvalue weighted by molar-refractivity contribution is -0.235. The van der Waals surface area contributed by atoms with E-state index >= 15 is 0 Å². The average molecular weight is 810 g/mol. The molecule has 0 amide bonds. The molecule has 9 heteroatoms. The van der Waals surface area contributed by atoms with Crippen molar-refractivity contribution in [2.45, 2.75) is 145 Å². The minimum Gasteiger partial charge on any atom is -0.481 e. The highest BCUT2D eigenvalue weighted by atomic mass is 35.5. The highest BCUT2D eigenvalue weighted by Crippen LogP contribution is 2.77. The van der Waals surface area contributed by atoms with E-state index in [1.807, 2.05) is 18.2 Å². The number of Topliss-reactive ketones (excluding diaryl/α,β-unsaturated/α-hetero) is 1. The number of benzene rings is 1. The standard InChI is InChI=1S/C48H73ClN2O6/c1-30(2)40-34(52)26-48(37(53)29-51(25-24-50(10)11)28-31-14-12-13-15-33(31)49)23-22-46(8)32(41(40)48)16-17-36-45(7)20-19-38(57-39(54)27-43(3,4)42(55)56)44(5,6)35(45)18-21-47(36,46)9/h12-15,30,32,35-38,53H,16-29H2,1-11H3,(H,55,56)/t32-,35+,36-,37-,38+,45+,46-,47-,48+/m1/s1. The molecule has 0 bridgehead atoms. The van der Waals surface area contributed by atoms with Gasteiger partial charge in [-0.1, -0.05) is 83.8 Å². The number of aliphatic hydroxyl groups is 1. The van der Waals surface area contributed by atoms with Gasteiger partial charge in [0.05, 0.1) is 17.9 Å². The van der Waals surface area contributed by atoms with E-state index in [0.29, 0.717) is 31.3 Å². The number of carboxylic acid groups (broad SMARTS) is 1. The van der Waals surface area contributed by atoms with Crippen molar-refractivity contribution in [3.8, 4) is 0 Å². The van der Waals surface area contributed by atoms with Gasteiger partial charge in [0.2, 0.25) is 0 Å². The fourth-order valence-corrected chi connectivity index (χ4v) is 14.0. The summed E-state index contributed by atoms with van der Waals surface area (Å²) >= 11 is 6.67. The first-order valence-corrected chi connectivity index (χ1v) is 22.3. The molecule has 8 nitrogen and oxygen atoms in total. The lowest BCUT2D eigenvalue weighted by Crippen LogP contribution is -2.66. The molecule has 4 saturated carbocycles. The number of rotatable bonds is 13. The van der Waals surface area contributed by atoms with Crippen LogP contribution in [0.2, 0.25) is 5.02 Å². The molecule has 1 aromatic carbocycles. The molecule has 0 heterocycles. The van der Waals surface area contributed by atoms with E-state index < -0.39 is 28.9 Å². The van der Waals surface area contributed by atoms with Gasteiger partial charge in [0.1, 0.15) is 6.10 Å². The maximum Gasteiger partial charge on any atom is 0.309 e. The third-order valence-corrected chi connectivity index (χ3v) is 17.5. The molecule has 318 valence electrons. The molecule has 0 unspecified atom stereocenters. The van der Waals surface area contributed by atoms with Crippen LogP contribution in [0.1, 0.15) is 132 Å². The number of aliphatic hydroxyl groups excluding tert-OH is 1. The Morgan fingerprint density at radius 1 is 0.930 bits per heavy atom. The van der Waals surface area contributed by atoms with Gasteiger partial charge in [-0.2, -0.15) is 0 Å². The highest BCUT2D eigenvalue weighted by Gasteiger charge is 2.71. The van der Waals surface area contributed by atoms with Crippen LogP contribution in [0.4, 0.5) is 0 Å². The van der Waals surface area contributed by atoms with Crippen molar-refractivity contribution in [2.75, 3.05) is 33.7 Å². The number of esters is 1. The summed E-state index contributed by atoms with van der Waals surface area (Å²) in [5.74, 6) is -0.0237. The Morgan fingerprint density at radius 2 is 1.61 bits per heavy atom. The van der Waals surface area contributed by atoms with Crippen LogP contribution in [-0.4, -0.2) is 83.7 Å². The molecule has 0 aliphatic heterocycles. The van der Waals surface area contributed by atoms with E-state index in [2.05, 4.69) is 78.4 Å². The van der Waals surface area contributed by atoms with Crippen LogP contribution in [0.5, 0.6) is 0 Å². The first kappa shape index (κ1) is 44.3. The number of hydrogen-bond donors (Lipinski definition) is 2. The number of nitrogens with zero attached hydrogens (tertiary/aromatic N) is 2.